The molecule has 1 aromatic heterocycles. The van der Waals surface area contributed by atoms with Crippen molar-refractivity contribution in [2.45, 2.75) is 82.7 Å². The molecular formula is C24H37IN6. The van der Waals surface area contributed by atoms with Gasteiger partial charge in [0.2, 0.25) is 0 Å². The summed E-state index contributed by atoms with van der Waals surface area (Å²) in [6.07, 6.45) is 11.5. The zero-order valence-electron chi connectivity index (χ0n) is 18.9. The van der Waals surface area contributed by atoms with Crippen LogP contribution in [0.2, 0.25) is 0 Å². The summed E-state index contributed by atoms with van der Waals surface area (Å²) in [6.45, 7) is 3.44. The van der Waals surface area contributed by atoms with Gasteiger partial charge < -0.3 is 15.2 Å². The van der Waals surface area contributed by atoms with Crippen LogP contribution < -0.4 is 10.6 Å². The lowest BCUT2D eigenvalue weighted by atomic mass is 9.79. The van der Waals surface area contributed by atoms with Gasteiger partial charge in [-0.05, 0) is 38.2 Å². The Labute approximate surface area is 203 Å². The van der Waals surface area contributed by atoms with Gasteiger partial charge in [0, 0.05) is 25.0 Å². The Balaban J connectivity index is 0.00000272. The zero-order chi connectivity index (χ0) is 20.8. The molecule has 2 fully saturated rings. The molecule has 6 nitrogen and oxygen atoms in total. The molecular weight excluding hydrogens is 499 g/mol. The van der Waals surface area contributed by atoms with Gasteiger partial charge in [-0.25, -0.2) is 4.99 Å². The van der Waals surface area contributed by atoms with Gasteiger partial charge in [-0.15, -0.1) is 34.2 Å². The highest BCUT2D eigenvalue weighted by Gasteiger charge is 2.35. The number of nitrogens with zero attached hydrogens (tertiary/aromatic N) is 4. The summed E-state index contributed by atoms with van der Waals surface area (Å²) in [7, 11) is 2.00. The van der Waals surface area contributed by atoms with E-state index in [9.17, 15) is 0 Å². The van der Waals surface area contributed by atoms with Crippen LogP contribution in [0.15, 0.2) is 35.3 Å². The first-order valence-electron chi connectivity index (χ1n) is 11.6. The molecule has 4 rings (SSSR count). The Morgan fingerprint density at radius 2 is 1.77 bits per heavy atom. The van der Waals surface area contributed by atoms with Crippen LogP contribution in [-0.4, -0.2) is 33.3 Å². The third-order valence-electron chi connectivity index (χ3n) is 7.05. The maximum Gasteiger partial charge on any atom is 0.191 e. The Morgan fingerprint density at radius 1 is 1.06 bits per heavy atom. The largest absolute Gasteiger partial charge is 0.355 e. The number of halogens is 1. The smallest absolute Gasteiger partial charge is 0.191 e. The molecule has 1 heterocycles. The zero-order valence-corrected chi connectivity index (χ0v) is 21.3. The number of hydrogen-bond donors (Lipinski definition) is 2. The Bertz CT molecular complexity index is 835. The van der Waals surface area contributed by atoms with Gasteiger partial charge in [0.15, 0.2) is 11.8 Å². The van der Waals surface area contributed by atoms with E-state index in [2.05, 4.69) is 51.2 Å². The second-order valence-electron chi connectivity index (χ2n) is 9.07. The topological polar surface area (TPSA) is 67.1 Å². The number of guanidine groups is 1. The summed E-state index contributed by atoms with van der Waals surface area (Å²) in [5, 5.41) is 15.9. The summed E-state index contributed by atoms with van der Waals surface area (Å²) in [6, 6.07) is 11.5. The predicted molar refractivity (Wildman–Crippen MR) is 137 cm³/mol. The third-order valence-corrected chi connectivity index (χ3v) is 7.05. The molecule has 31 heavy (non-hydrogen) atoms. The van der Waals surface area contributed by atoms with E-state index in [1.54, 1.807) is 0 Å². The Hall–Kier alpha value is -1.64. The van der Waals surface area contributed by atoms with Gasteiger partial charge >= 0.3 is 0 Å². The van der Waals surface area contributed by atoms with Crippen LogP contribution in [0.25, 0.3) is 0 Å². The minimum Gasteiger partial charge on any atom is -0.355 e. The Morgan fingerprint density at radius 3 is 2.42 bits per heavy atom. The van der Waals surface area contributed by atoms with E-state index in [0.717, 1.165) is 24.2 Å². The highest BCUT2D eigenvalue weighted by Crippen LogP contribution is 2.40. The Kier molecular flexibility index (Phi) is 8.75. The number of hydrogen-bond acceptors (Lipinski definition) is 3. The van der Waals surface area contributed by atoms with E-state index in [1.165, 1.54) is 63.4 Å². The number of aryl methyl sites for hydroxylation is 1. The van der Waals surface area contributed by atoms with Gasteiger partial charge in [0.1, 0.15) is 12.4 Å². The number of aromatic nitrogens is 3. The molecule has 2 N–H and O–H groups in total. The van der Waals surface area contributed by atoms with Crippen LogP contribution in [0.5, 0.6) is 0 Å². The monoisotopic (exact) mass is 536 g/mol. The molecule has 0 spiro atoms. The molecule has 2 aliphatic rings. The van der Waals surface area contributed by atoms with Crippen LogP contribution in [-0.2, 0) is 19.0 Å². The molecule has 2 saturated carbocycles. The van der Waals surface area contributed by atoms with E-state index in [4.69, 9.17) is 4.99 Å². The lowest BCUT2D eigenvalue weighted by molar-refractivity contribution is 0.400. The lowest BCUT2D eigenvalue weighted by Gasteiger charge is -2.32. The van der Waals surface area contributed by atoms with Crippen molar-refractivity contribution in [3.05, 3.63) is 47.5 Å². The summed E-state index contributed by atoms with van der Waals surface area (Å²) in [5.74, 6) is 2.74. The summed E-state index contributed by atoms with van der Waals surface area (Å²) in [5.41, 5.74) is 1.66. The van der Waals surface area contributed by atoms with Crippen LogP contribution in [0.3, 0.4) is 0 Å². The number of aliphatic imine (C=N–C) groups is 1. The maximum absolute atomic E-state index is 4.92. The summed E-state index contributed by atoms with van der Waals surface area (Å²) in [4.78, 5) is 4.92. The fourth-order valence-corrected chi connectivity index (χ4v) is 5.00. The van der Waals surface area contributed by atoms with Crippen molar-refractivity contribution >= 4 is 29.9 Å². The van der Waals surface area contributed by atoms with E-state index >= 15 is 0 Å². The molecule has 0 saturated heterocycles. The first-order valence-corrected chi connectivity index (χ1v) is 11.6. The molecule has 0 bridgehead atoms. The van der Waals surface area contributed by atoms with E-state index in [0.29, 0.717) is 12.6 Å². The van der Waals surface area contributed by atoms with Gasteiger partial charge in [-0.1, -0.05) is 62.4 Å². The second kappa shape index (κ2) is 11.3. The van der Waals surface area contributed by atoms with E-state index in [-0.39, 0.29) is 29.4 Å². The number of benzene rings is 1. The molecule has 0 radical (unpaired) electrons. The van der Waals surface area contributed by atoms with Crippen molar-refractivity contribution < 1.29 is 0 Å². The second-order valence-corrected chi connectivity index (χ2v) is 9.07. The van der Waals surface area contributed by atoms with Crippen LogP contribution in [0, 0.1) is 6.92 Å². The van der Waals surface area contributed by atoms with Crippen molar-refractivity contribution in [3.63, 3.8) is 0 Å². The molecule has 0 atom stereocenters. The fourth-order valence-electron chi connectivity index (χ4n) is 5.00. The standard InChI is InChI=1S/C24H36N6.HI/c1-19-28-29-22(30(19)2)17-25-23(27-21-13-7-4-8-14-21)26-18-24(15-9-10-16-24)20-11-5-3-6-12-20;/h3,5-6,11-12,21H,4,7-10,13-18H2,1-2H3,(H2,25,26,27);1H. The molecule has 0 unspecified atom stereocenters. The molecule has 0 aliphatic heterocycles. The molecule has 170 valence electrons. The van der Waals surface area contributed by atoms with E-state index in [1.807, 2.05) is 18.5 Å². The molecule has 2 aliphatic carbocycles. The molecule has 2 aromatic rings. The van der Waals surface area contributed by atoms with Crippen LogP contribution in [0.4, 0.5) is 0 Å². The van der Waals surface area contributed by atoms with Crippen LogP contribution >= 0.6 is 24.0 Å². The summed E-state index contributed by atoms with van der Waals surface area (Å²) < 4.78 is 2.02. The average molecular weight is 537 g/mol. The molecule has 0 amide bonds. The minimum absolute atomic E-state index is 0. The number of rotatable bonds is 6. The van der Waals surface area contributed by atoms with Crippen molar-refractivity contribution in [1.29, 1.82) is 0 Å². The minimum atomic E-state index is 0. The van der Waals surface area contributed by atoms with Gasteiger partial charge in [-0.3, -0.25) is 0 Å². The van der Waals surface area contributed by atoms with Gasteiger partial charge in [-0.2, -0.15) is 0 Å². The number of nitrogens with one attached hydrogen (secondary N) is 2. The van der Waals surface area contributed by atoms with Crippen molar-refractivity contribution in [3.8, 4) is 0 Å². The highest BCUT2D eigenvalue weighted by atomic mass is 127. The maximum atomic E-state index is 4.92. The average Bonchev–Trinajstić information content (AvgIpc) is 3.40. The fraction of sp³-hybridized carbons (Fsp3) is 0.625. The summed E-state index contributed by atoms with van der Waals surface area (Å²) >= 11 is 0. The lowest BCUT2D eigenvalue weighted by Crippen LogP contribution is -2.48. The van der Waals surface area contributed by atoms with Crippen LogP contribution in [0.1, 0.15) is 75.0 Å². The van der Waals surface area contributed by atoms with Gasteiger partial charge in [0.25, 0.3) is 0 Å². The quantitative estimate of drug-likeness (QED) is 0.321. The third kappa shape index (κ3) is 5.99. The first kappa shape index (κ1) is 24.0. The highest BCUT2D eigenvalue weighted by molar-refractivity contribution is 14.0. The predicted octanol–water partition coefficient (Wildman–Crippen LogP) is 4.62. The van der Waals surface area contributed by atoms with Crippen molar-refractivity contribution in [2.75, 3.05) is 6.54 Å². The van der Waals surface area contributed by atoms with Crippen molar-refractivity contribution in [2.24, 2.45) is 12.0 Å². The normalized spacial score (nSPS) is 19.1. The SMILES string of the molecule is Cc1nnc(CN=C(NCC2(c3ccccc3)CCCC2)NC2CCCCC2)n1C.I. The molecule has 1 aromatic carbocycles. The van der Waals surface area contributed by atoms with Crippen molar-refractivity contribution in [1.82, 2.24) is 25.4 Å². The van der Waals surface area contributed by atoms with E-state index < -0.39 is 0 Å². The molecule has 7 heteroatoms. The van der Waals surface area contributed by atoms with Gasteiger partial charge in [0.05, 0.1) is 0 Å². The first-order chi connectivity index (χ1) is 14.7.